The van der Waals surface area contributed by atoms with Crippen molar-refractivity contribution in [2.45, 2.75) is 0 Å². The molecule has 1 amide bonds. The number of morpholine rings is 1. The number of pyridine rings is 1. The Morgan fingerprint density at radius 1 is 1.12 bits per heavy atom. The first-order valence-corrected chi connectivity index (χ1v) is 8.38. The fourth-order valence-corrected chi connectivity index (χ4v) is 2.62. The molecule has 0 spiro atoms. The topological polar surface area (TPSA) is 66.5 Å². The summed E-state index contributed by atoms with van der Waals surface area (Å²) in [5, 5.41) is 5.76. The van der Waals surface area contributed by atoms with E-state index in [0.29, 0.717) is 0 Å². The molecule has 1 fully saturated rings. The highest BCUT2D eigenvalue weighted by atomic mass is 19.2. The largest absolute Gasteiger partial charge is 0.384 e. The van der Waals surface area contributed by atoms with Gasteiger partial charge in [0.1, 0.15) is 5.69 Å². The standard InChI is InChI=1S/C18H20F2N4O2/c19-15-2-1-14(11-16(15)20)23-18(25)17-12-13(3-4-22-17)21-5-6-24-7-9-26-10-8-24/h1-4,11-12H,5-10H2,(H,21,22)(H,23,25). The average Bonchev–Trinajstić information content (AvgIpc) is 2.66. The molecule has 2 heterocycles. The highest BCUT2D eigenvalue weighted by Gasteiger charge is 2.12. The summed E-state index contributed by atoms with van der Waals surface area (Å²) in [5.41, 5.74) is 1.12. The lowest BCUT2D eigenvalue weighted by atomic mass is 10.2. The number of aromatic nitrogens is 1. The summed E-state index contributed by atoms with van der Waals surface area (Å²) in [4.78, 5) is 18.6. The molecular formula is C18H20F2N4O2. The summed E-state index contributed by atoms with van der Waals surface area (Å²) >= 11 is 0. The van der Waals surface area contributed by atoms with E-state index in [1.807, 2.05) is 0 Å². The molecule has 138 valence electrons. The van der Waals surface area contributed by atoms with Crippen LogP contribution in [-0.4, -0.2) is 55.2 Å². The fraction of sp³-hybridized carbons (Fsp3) is 0.333. The van der Waals surface area contributed by atoms with Gasteiger partial charge in [0.25, 0.3) is 5.91 Å². The summed E-state index contributed by atoms with van der Waals surface area (Å²) in [7, 11) is 0. The van der Waals surface area contributed by atoms with Crippen molar-refractivity contribution in [3.05, 3.63) is 53.9 Å². The van der Waals surface area contributed by atoms with Crippen LogP contribution in [0.25, 0.3) is 0 Å². The Hall–Kier alpha value is -2.58. The first kappa shape index (κ1) is 18.2. The van der Waals surface area contributed by atoms with Gasteiger partial charge in [-0.2, -0.15) is 0 Å². The first-order chi connectivity index (χ1) is 12.6. The second-order valence-electron chi connectivity index (χ2n) is 5.89. The van der Waals surface area contributed by atoms with E-state index in [1.165, 1.54) is 12.3 Å². The summed E-state index contributed by atoms with van der Waals surface area (Å²) in [6, 6.07) is 6.57. The molecule has 0 atom stereocenters. The summed E-state index contributed by atoms with van der Waals surface area (Å²) < 4.78 is 31.5. The molecule has 6 nitrogen and oxygen atoms in total. The third-order valence-corrected chi connectivity index (χ3v) is 4.03. The highest BCUT2D eigenvalue weighted by molar-refractivity contribution is 6.03. The zero-order valence-corrected chi connectivity index (χ0v) is 14.2. The van der Waals surface area contributed by atoms with Crippen molar-refractivity contribution >= 4 is 17.3 Å². The molecule has 0 saturated carbocycles. The van der Waals surface area contributed by atoms with Crippen molar-refractivity contribution < 1.29 is 18.3 Å². The van der Waals surface area contributed by atoms with E-state index in [9.17, 15) is 13.6 Å². The third kappa shape index (κ3) is 4.96. The van der Waals surface area contributed by atoms with E-state index in [-0.39, 0.29) is 11.4 Å². The van der Waals surface area contributed by atoms with Crippen LogP contribution in [0.2, 0.25) is 0 Å². The van der Waals surface area contributed by atoms with Gasteiger partial charge in [-0.25, -0.2) is 8.78 Å². The Morgan fingerprint density at radius 2 is 1.92 bits per heavy atom. The van der Waals surface area contributed by atoms with Gasteiger partial charge in [0.05, 0.1) is 13.2 Å². The van der Waals surface area contributed by atoms with E-state index in [0.717, 1.165) is 57.2 Å². The van der Waals surface area contributed by atoms with Gasteiger partial charge in [-0.3, -0.25) is 14.7 Å². The maximum absolute atomic E-state index is 13.2. The van der Waals surface area contributed by atoms with E-state index in [4.69, 9.17) is 4.74 Å². The van der Waals surface area contributed by atoms with Crippen molar-refractivity contribution in [3.63, 3.8) is 0 Å². The number of ether oxygens (including phenoxy) is 1. The van der Waals surface area contributed by atoms with Gasteiger partial charge in [-0.1, -0.05) is 0 Å². The van der Waals surface area contributed by atoms with Crippen LogP contribution >= 0.6 is 0 Å². The molecule has 0 aliphatic carbocycles. The summed E-state index contributed by atoms with van der Waals surface area (Å²) in [6.07, 6.45) is 1.53. The molecule has 0 unspecified atom stereocenters. The monoisotopic (exact) mass is 362 g/mol. The number of benzene rings is 1. The minimum atomic E-state index is -1.02. The van der Waals surface area contributed by atoms with Crippen molar-refractivity contribution in [2.75, 3.05) is 50.0 Å². The lowest BCUT2D eigenvalue weighted by Crippen LogP contribution is -2.39. The highest BCUT2D eigenvalue weighted by Crippen LogP contribution is 2.15. The van der Waals surface area contributed by atoms with Gasteiger partial charge >= 0.3 is 0 Å². The maximum atomic E-state index is 13.2. The number of anilines is 2. The van der Waals surface area contributed by atoms with Crippen molar-refractivity contribution in [3.8, 4) is 0 Å². The average molecular weight is 362 g/mol. The summed E-state index contributed by atoms with van der Waals surface area (Å²) in [6.45, 7) is 4.95. The zero-order chi connectivity index (χ0) is 18.4. The van der Waals surface area contributed by atoms with Crippen LogP contribution in [0.3, 0.4) is 0 Å². The molecule has 1 aromatic carbocycles. The minimum Gasteiger partial charge on any atom is -0.384 e. The lowest BCUT2D eigenvalue weighted by molar-refractivity contribution is 0.0398. The van der Waals surface area contributed by atoms with E-state index < -0.39 is 17.5 Å². The molecule has 1 aliphatic heterocycles. The number of halogens is 2. The van der Waals surface area contributed by atoms with Crippen molar-refractivity contribution in [1.82, 2.24) is 9.88 Å². The number of amides is 1. The Kier molecular flexibility index (Phi) is 6.08. The molecule has 1 saturated heterocycles. The summed E-state index contributed by atoms with van der Waals surface area (Å²) in [5.74, 6) is -2.48. The van der Waals surface area contributed by atoms with Crippen LogP contribution < -0.4 is 10.6 Å². The maximum Gasteiger partial charge on any atom is 0.274 e. The molecule has 3 rings (SSSR count). The van der Waals surface area contributed by atoms with Crippen LogP contribution in [0.5, 0.6) is 0 Å². The number of carbonyl (C=O) groups excluding carboxylic acids is 1. The predicted octanol–water partition coefficient (Wildman–Crippen LogP) is 2.36. The second kappa shape index (κ2) is 8.68. The van der Waals surface area contributed by atoms with Crippen LogP contribution in [-0.2, 0) is 4.74 Å². The second-order valence-corrected chi connectivity index (χ2v) is 5.89. The van der Waals surface area contributed by atoms with Gasteiger partial charge in [0.15, 0.2) is 11.6 Å². The normalized spacial score (nSPS) is 14.8. The minimum absolute atomic E-state index is 0.168. The van der Waals surface area contributed by atoms with E-state index in [1.54, 1.807) is 12.1 Å². The zero-order valence-electron chi connectivity index (χ0n) is 14.2. The molecule has 0 radical (unpaired) electrons. The molecule has 1 aliphatic rings. The van der Waals surface area contributed by atoms with Gasteiger partial charge in [0, 0.05) is 49.8 Å². The van der Waals surface area contributed by atoms with Crippen molar-refractivity contribution in [2.24, 2.45) is 0 Å². The smallest absolute Gasteiger partial charge is 0.274 e. The number of nitrogens with zero attached hydrogens (tertiary/aromatic N) is 2. The third-order valence-electron chi connectivity index (χ3n) is 4.03. The Balaban J connectivity index is 1.55. The first-order valence-electron chi connectivity index (χ1n) is 8.38. The molecule has 2 aromatic rings. The molecule has 26 heavy (non-hydrogen) atoms. The van der Waals surface area contributed by atoms with Crippen LogP contribution in [0, 0.1) is 11.6 Å². The Morgan fingerprint density at radius 3 is 2.69 bits per heavy atom. The Labute approximate surface area is 150 Å². The Bertz CT molecular complexity index is 767. The molecular weight excluding hydrogens is 342 g/mol. The fourth-order valence-electron chi connectivity index (χ4n) is 2.62. The molecule has 8 heteroatoms. The quantitative estimate of drug-likeness (QED) is 0.826. The number of nitrogens with one attached hydrogen (secondary N) is 2. The van der Waals surface area contributed by atoms with Gasteiger partial charge in [0.2, 0.25) is 0 Å². The van der Waals surface area contributed by atoms with E-state index in [2.05, 4.69) is 20.5 Å². The number of carbonyl (C=O) groups is 1. The lowest BCUT2D eigenvalue weighted by Gasteiger charge is -2.26. The predicted molar refractivity (Wildman–Crippen MR) is 94.3 cm³/mol. The SMILES string of the molecule is O=C(Nc1ccc(F)c(F)c1)c1cc(NCCN2CCOCC2)ccn1. The molecule has 2 N–H and O–H groups in total. The van der Waals surface area contributed by atoms with E-state index >= 15 is 0 Å². The number of hydrogen-bond acceptors (Lipinski definition) is 5. The van der Waals surface area contributed by atoms with Gasteiger partial charge in [-0.05, 0) is 24.3 Å². The van der Waals surface area contributed by atoms with Gasteiger partial charge in [-0.15, -0.1) is 0 Å². The van der Waals surface area contributed by atoms with Crippen molar-refractivity contribution in [1.29, 1.82) is 0 Å². The van der Waals surface area contributed by atoms with Crippen LogP contribution in [0.15, 0.2) is 36.5 Å². The van der Waals surface area contributed by atoms with Crippen LogP contribution in [0.4, 0.5) is 20.2 Å². The number of hydrogen-bond donors (Lipinski definition) is 2. The molecule has 1 aromatic heterocycles. The van der Waals surface area contributed by atoms with Crippen LogP contribution in [0.1, 0.15) is 10.5 Å². The van der Waals surface area contributed by atoms with Gasteiger partial charge < -0.3 is 15.4 Å². The molecule has 0 bridgehead atoms. The number of rotatable bonds is 6.